The molecule has 0 radical (unpaired) electrons. The van der Waals surface area contributed by atoms with Crippen molar-refractivity contribution in [3.63, 3.8) is 0 Å². The molecule has 0 aromatic heterocycles. The summed E-state index contributed by atoms with van der Waals surface area (Å²) >= 11 is -1.35. The summed E-state index contributed by atoms with van der Waals surface area (Å²) in [4.78, 5) is 0. The lowest BCUT2D eigenvalue weighted by atomic mass is 10.2. The normalized spacial score (nSPS) is 14.5. The molecule has 0 fully saturated rings. The van der Waals surface area contributed by atoms with Gasteiger partial charge in [-0.3, -0.25) is 4.18 Å². The van der Waals surface area contributed by atoms with Crippen LogP contribution in [0.1, 0.15) is 34.6 Å². The molecule has 5 heteroatoms. The van der Waals surface area contributed by atoms with Crippen LogP contribution in [0.25, 0.3) is 0 Å². The van der Waals surface area contributed by atoms with E-state index in [4.69, 9.17) is 8.92 Å². The lowest BCUT2D eigenvalue weighted by Gasteiger charge is -2.25. The zero-order chi connectivity index (χ0) is 11.9. The Morgan fingerprint density at radius 2 is 1.73 bits per heavy atom. The second kappa shape index (κ2) is 7.33. The summed E-state index contributed by atoms with van der Waals surface area (Å²) < 4.78 is 24.1. The van der Waals surface area contributed by atoms with Gasteiger partial charge in [-0.15, -0.1) is 0 Å². The van der Waals surface area contributed by atoms with Gasteiger partial charge in [0.1, 0.15) is 0 Å². The van der Waals surface area contributed by atoms with Gasteiger partial charge in [0.15, 0.2) is 0 Å². The predicted octanol–water partition coefficient (Wildman–Crippen LogP) is 1.74. The van der Waals surface area contributed by atoms with E-state index in [-0.39, 0.29) is 5.60 Å². The lowest BCUT2D eigenvalue weighted by molar-refractivity contribution is -0.0391. The smallest absolute Gasteiger partial charge is 0.237 e. The third kappa shape index (κ3) is 6.25. The van der Waals surface area contributed by atoms with Crippen LogP contribution < -0.4 is 0 Å². The van der Waals surface area contributed by atoms with Gasteiger partial charge in [-0.2, -0.15) is 0 Å². The molecule has 0 aliphatic rings. The molecular weight excluding hydrogens is 214 g/mol. The maximum atomic E-state index is 11.6. The second-order valence-electron chi connectivity index (χ2n) is 3.79. The minimum atomic E-state index is -1.35. The Kier molecular flexibility index (Phi) is 7.34. The fraction of sp³-hybridized carbons (Fsp3) is 1.00. The van der Waals surface area contributed by atoms with Crippen molar-refractivity contribution >= 4 is 11.3 Å². The van der Waals surface area contributed by atoms with Gasteiger partial charge in [0.05, 0.1) is 12.2 Å². The molecule has 0 bridgehead atoms. The zero-order valence-electron chi connectivity index (χ0n) is 10.4. The molecule has 0 saturated carbocycles. The molecule has 0 aromatic carbocycles. The van der Waals surface area contributed by atoms with Crippen molar-refractivity contribution in [1.82, 2.24) is 4.31 Å². The predicted molar refractivity (Wildman–Crippen MR) is 62.7 cm³/mol. The first kappa shape index (κ1) is 15.0. The van der Waals surface area contributed by atoms with Crippen molar-refractivity contribution in [2.75, 3.05) is 26.3 Å². The summed E-state index contributed by atoms with van der Waals surface area (Å²) in [5.41, 5.74) is -0.377. The molecule has 0 aromatic rings. The highest BCUT2D eigenvalue weighted by Gasteiger charge is 2.21. The number of hydrogen-bond acceptors (Lipinski definition) is 3. The van der Waals surface area contributed by atoms with E-state index in [1.165, 1.54) is 0 Å². The highest BCUT2D eigenvalue weighted by atomic mass is 32.2. The van der Waals surface area contributed by atoms with Gasteiger partial charge in [-0.25, -0.2) is 8.51 Å². The molecular formula is C10H23NO3S. The second-order valence-corrected chi connectivity index (χ2v) is 4.97. The van der Waals surface area contributed by atoms with E-state index in [1.54, 1.807) is 4.31 Å². The summed E-state index contributed by atoms with van der Waals surface area (Å²) in [5.74, 6) is 0. The average Bonchev–Trinajstić information content (AvgIpc) is 2.17. The van der Waals surface area contributed by atoms with Crippen LogP contribution in [-0.2, 0) is 20.2 Å². The van der Waals surface area contributed by atoms with E-state index in [2.05, 4.69) is 0 Å². The summed E-state index contributed by atoms with van der Waals surface area (Å²) in [6.45, 7) is 12.1. The lowest BCUT2D eigenvalue weighted by Crippen LogP contribution is -2.34. The van der Waals surface area contributed by atoms with E-state index < -0.39 is 11.3 Å². The van der Waals surface area contributed by atoms with E-state index in [9.17, 15) is 4.21 Å². The van der Waals surface area contributed by atoms with Crippen LogP contribution in [0.4, 0.5) is 0 Å². The maximum Gasteiger partial charge on any atom is 0.237 e. The minimum Gasteiger partial charge on any atom is -0.373 e. The third-order valence-electron chi connectivity index (χ3n) is 1.96. The molecule has 1 atom stereocenters. The summed E-state index contributed by atoms with van der Waals surface area (Å²) in [6, 6.07) is 0. The minimum absolute atomic E-state index is 0.337. The van der Waals surface area contributed by atoms with E-state index in [0.29, 0.717) is 13.2 Å². The van der Waals surface area contributed by atoms with Crippen molar-refractivity contribution in [3.05, 3.63) is 0 Å². The fourth-order valence-electron chi connectivity index (χ4n) is 1.13. The quantitative estimate of drug-likeness (QED) is 0.645. The Balaban J connectivity index is 3.98. The zero-order valence-corrected chi connectivity index (χ0v) is 11.2. The van der Waals surface area contributed by atoms with Gasteiger partial charge < -0.3 is 4.74 Å². The first-order chi connectivity index (χ1) is 6.96. The van der Waals surface area contributed by atoms with Crippen LogP contribution in [0.5, 0.6) is 0 Å². The summed E-state index contributed by atoms with van der Waals surface area (Å²) in [5, 5.41) is 0. The molecule has 0 saturated heterocycles. The SMILES string of the molecule is CCOC(C)(C)COS(=O)N(CC)CC. The number of rotatable bonds is 8. The first-order valence-electron chi connectivity index (χ1n) is 5.40. The Morgan fingerprint density at radius 3 is 2.13 bits per heavy atom. The Morgan fingerprint density at radius 1 is 1.20 bits per heavy atom. The van der Waals surface area contributed by atoms with Gasteiger partial charge in [-0.1, -0.05) is 13.8 Å². The molecule has 0 N–H and O–H groups in total. The van der Waals surface area contributed by atoms with Gasteiger partial charge in [0.2, 0.25) is 11.3 Å². The van der Waals surface area contributed by atoms with Crippen molar-refractivity contribution in [2.24, 2.45) is 0 Å². The van der Waals surface area contributed by atoms with Crippen LogP contribution in [0.15, 0.2) is 0 Å². The monoisotopic (exact) mass is 237 g/mol. The number of ether oxygens (including phenoxy) is 1. The van der Waals surface area contributed by atoms with Gasteiger partial charge in [-0.05, 0) is 20.8 Å². The van der Waals surface area contributed by atoms with E-state index >= 15 is 0 Å². The van der Waals surface area contributed by atoms with Gasteiger partial charge in [0.25, 0.3) is 0 Å². The van der Waals surface area contributed by atoms with Crippen LogP contribution in [0.2, 0.25) is 0 Å². The molecule has 1 unspecified atom stereocenters. The standard InChI is InChI=1S/C10H23NO3S/c1-6-11(7-2)15(12)14-9-10(4,5)13-8-3/h6-9H2,1-5H3. The van der Waals surface area contributed by atoms with Crippen molar-refractivity contribution < 1.29 is 13.1 Å². The molecule has 0 rings (SSSR count). The third-order valence-corrected chi connectivity index (χ3v) is 3.22. The Labute approximate surface area is 95.7 Å². The molecule has 0 heterocycles. The first-order valence-corrected chi connectivity index (χ1v) is 6.44. The van der Waals surface area contributed by atoms with Crippen LogP contribution in [-0.4, -0.2) is 40.4 Å². The van der Waals surface area contributed by atoms with Gasteiger partial charge in [0, 0.05) is 19.7 Å². The molecule has 0 aliphatic carbocycles. The van der Waals surface area contributed by atoms with E-state index in [0.717, 1.165) is 13.1 Å². The van der Waals surface area contributed by atoms with Crippen molar-refractivity contribution in [2.45, 2.75) is 40.2 Å². The molecule has 92 valence electrons. The Bertz CT molecular complexity index is 193. The van der Waals surface area contributed by atoms with Crippen LogP contribution in [0.3, 0.4) is 0 Å². The highest BCUT2D eigenvalue weighted by molar-refractivity contribution is 7.77. The molecule has 0 amide bonds. The Hall–Kier alpha value is 0.0300. The fourth-order valence-corrected chi connectivity index (χ4v) is 2.09. The van der Waals surface area contributed by atoms with Crippen LogP contribution in [0, 0.1) is 0 Å². The number of hydrogen-bond donors (Lipinski definition) is 0. The van der Waals surface area contributed by atoms with Gasteiger partial charge >= 0.3 is 0 Å². The van der Waals surface area contributed by atoms with Crippen LogP contribution >= 0.6 is 0 Å². The molecule has 4 nitrogen and oxygen atoms in total. The molecule has 0 spiro atoms. The number of nitrogens with zero attached hydrogens (tertiary/aromatic N) is 1. The summed E-state index contributed by atoms with van der Waals surface area (Å²) in [7, 11) is 0. The average molecular weight is 237 g/mol. The summed E-state index contributed by atoms with van der Waals surface area (Å²) in [6.07, 6.45) is 0. The topological polar surface area (TPSA) is 38.8 Å². The molecule has 0 aliphatic heterocycles. The largest absolute Gasteiger partial charge is 0.373 e. The maximum absolute atomic E-state index is 11.6. The molecule has 15 heavy (non-hydrogen) atoms. The highest BCUT2D eigenvalue weighted by Crippen LogP contribution is 2.11. The van der Waals surface area contributed by atoms with Crippen molar-refractivity contribution in [1.29, 1.82) is 0 Å². The van der Waals surface area contributed by atoms with Crippen molar-refractivity contribution in [3.8, 4) is 0 Å². The van der Waals surface area contributed by atoms with E-state index in [1.807, 2.05) is 34.6 Å².